The first-order valence-electron chi connectivity index (χ1n) is 6.21. The average molecular weight is 337 g/mol. The van der Waals surface area contributed by atoms with Gasteiger partial charge >= 0.3 is 17.6 Å². The minimum atomic E-state index is -5.07. The van der Waals surface area contributed by atoms with Crippen LogP contribution in [-0.2, 0) is 12.6 Å². The zero-order chi connectivity index (χ0) is 18.1. The molecule has 0 aliphatic rings. The Morgan fingerprint density at radius 3 is 1.96 bits per heavy atom. The van der Waals surface area contributed by atoms with Crippen LogP contribution in [0.5, 0.6) is 0 Å². The molecule has 0 fully saturated rings. The summed E-state index contributed by atoms with van der Waals surface area (Å²) in [5, 5.41) is 23.5. The first-order valence-corrected chi connectivity index (χ1v) is 6.21. The van der Waals surface area contributed by atoms with Crippen molar-refractivity contribution in [2.24, 2.45) is 0 Å². The third-order valence-electron chi connectivity index (χ3n) is 2.92. The van der Waals surface area contributed by atoms with Crippen LogP contribution in [0.25, 0.3) is 0 Å². The van der Waals surface area contributed by atoms with Crippen LogP contribution in [0.2, 0.25) is 0 Å². The van der Waals surface area contributed by atoms with Gasteiger partial charge in [-0.2, -0.15) is 13.2 Å². The van der Waals surface area contributed by atoms with Crippen LogP contribution in [-0.4, -0.2) is 29.0 Å². The molecule has 0 unspecified atom stereocenters. The van der Waals surface area contributed by atoms with Crippen molar-refractivity contribution in [3.05, 3.63) is 31.4 Å². The Kier molecular flexibility index (Phi) is 5.00. The number of hydrogen-bond donors (Lipinski definition) is 2. The number of nitrogen functional groups attached to an aromatic ring is 1. The van der Waals surface area contributed by atoms with Gasteiger partial charge in [0.15, 0.2) is 0 Å². The predicted molar refractivity (Wildman–Crippen MR) is 75.9 cm³/mol. The highest BCUT2D eigenvalue weighted by Crippen LogP contribution is 2.50. The Bertz CT molecular complexity index is 660. The molecular formula is C11H14F3N5O4. The van der Waals surface area contributed by atoms with Gasteiger partial charge in [0.25, 0.3) is 0 Å². The number of nitrogens with two attached hydrogens (primary N) is 1. The Balaban J connectivity index is 4.08. The monoisotopic (exact) mass is 337 g/mol. The molecule has 0 aliphatic heterocycles. The fraction of sp³-hybridized carbons (Fsp3) is 0.455. The number of nitrogens with one attached hydrogen (secondary N) is 1. The van der Waals surface area contributed by atoms with E-state index in [1.54, 1.807) is 0 Å². The van der Waals surface area contributed by atoms with Crippen LogP contribution in [0.4, 0.5) is 35.9 Å². The first-order chi connectivity index (χ1) is 10.4. The van der Waals surface area contributed by atoms with E-state index in [9.17, 15) is 33.4 Å². The van der Waals surface area contributed by atoms with E-state index in [4.69, 9.17) is 5.73 Å². The van der Waals surface area contributed by atoms with Crippen molar-refractivity contribution in [3.63, 3.8) is 0 Å². The molecule has 1 rings (SSSR count). The zero-order valence-electron chi connectivity index (χ0n) is 12.4. The van der Waals surface area contributed by atoms with Gasteiger partial charge in [-0.15, -0.1) is 0 Å². The standard InChI is InChI=1S/C11H14F3N5O4/c1-4-5-6(11(12,13)14)7(15)10(19(22)23)8(16-17(2)3)9(5)18(20)21/h16H,4,15H2,1-3H3. The molecule has 0 bridgehead atoms. The summed E-state index contributed by atoms with van der Waals surface area (Å²) < 4.78 is 39.7. The lowest BCUT2D eigenvalue weighted by Crippen LogP contribution is -2.24. The Labute approximate surface area is 128 Å². The van der Waals surface area contributed by atoms with Gasteiger partial charge in [0.1, 0.15) is 5.69 Å². The number of benzene rings is 1. The van der Waals surface area contributed by atoms with E-state index in [0.717, 1.165) is 5.01 Å². The summed E-state index contributed by atoms with van der Waals surface area (Å²) in [4.78, 5) is 20.2. The number of halogens is 3. The Morgan fingerprint density at radius 1 is 1.17 bits per heavy atom. The van der Waals surface area contributed by atoms with Crippen LogP contribution in [0.3, 0.4) is 0 Å². The van der Waals surface area contributed by atoms with Crippen LogP contribution in [0.15, 0.2) is 0 Å². The van der Waals surface area contributed by atoms with E-state index in [0.29, 0.717) is 0 Å². The molecule has 0 radical (unpaired) electrons. The molecule has 1 aromatic carbocycles. The maximum absolute atomic E-state index is 13.2. The molecule has 0 amide bonds. The van der Waals surface area contributed by atoms with Gasteiger partial charge in [-0.1, -0.05) is 6.92 Å². The van der Waals surface area contributed by atoms with Gasteiger partial charge in [-0.05, 0) is 6.42 Å². The van der Waals surface area contributed by atoms with Gasteiger partial charge in [-0.25, -0.2) is 5.01 Å². The van der Waals surface area contributed by atoms with E-state index < -0.39 is 49.9 Å². The summed E-state index contributed by atoms with van der Waals surface area (Å²) in [6.45, 7) is 1.27. The van der Waals surface area contributed by atoms with Crippen molar-refractivity contribution < 1.29 is 23.0 Å². The van der Waals surface area contributed by atoms with Crippen molar-refractivity contribution in [1.82, 2.24) is 5.01 Å². The normalized spacial score (nSPS) is 11.6. The summed E-state index contributed by atoms with van der Waals surface area (Å²) in [5.41, 5.74) is 1.34. The van der Waals surface area contributed by atoms with E-state index in [2.05, 4.69) is 5.43 Å². The number of alkyl halides is 3. The number of nitro groups is 2. The molecule has 3 N–H and O–H groups in total. The molecule has 0 aliphatic carbocycles. The first kappa shape index (κ1) is 18.4. The van der Waals surface area contributed by atoms with Crippen molar-refractivity contribution in [2.75, 3.05) is 25.3 Å². The minimum Gasteiger partial charge on any atom is -0.393 e. The number of nitrogens with zero attached hydrogens (tertiary/aromatic N) is 3. The van der Waals surface area contributed by atoms with Gasteiger partial charge in [0.2, 0.25) is 5.69 Å². The molecule has 1 aromatic rings. The van der Waals surface area contributed by atoms with Gasteiger partial charge in [0, 0.05) is 19.7 Å². The Hall–Kier alpha value is -2.63. The highest BCUT2D eigenvalue weighted by atomic mass is 19.4. The smallest absolute Gasteiger partial charge is 0.393 e. The van der Waals surface area contributed by atoms with Crippen LogP contribution >= 0.6 is 0 Å². The number of hydrogen-bond acceptors (Lipinski definition) is 7. The Morgan fingerprint density at radius 2 is 1.65 bits per heavy atom. The maximum Gasteiger partial charge on any atom is 0.419 e. The van der Waals surface area contributed by atoms with Crippen molar-refractivity contribution in [2.45, 2.75) is 19.5 Å². The lowest BCUT2D eigenvalue weighted by molar-refractivity contribution is -0.392. The third-order valence-corrected chi connectivity index (χ3v) is 2.92. The molecule has 9 nitrogen and oxygen atoms in total. The second-order valence-electron chi connectivity index (χ2n) is 4.71. The summed E-state index contributed by atoms with van der Waals surface area (Å²) >= 11 is 0. The molecule has 0 aromatic heterocycles. The number of hydrazine groups is 1. The predicted octanol–water partition coefficient (Wildman–Crippen LogP) is 2.55. The van der Waals surface area contributed by atoms with Crippen molar-refractivity contribution in [1.29, 1.82) is 0 Å². The highest BCUT2D eigenvalue weighted by Gasteiger charge is 2.45. The number of rotatable bonds is 5. The third kappa shape index (κ3) is 3.41. The molecule has 0 atom stereocenters. The van der Waals surface area contributed by atoms with Crippen molar-refractivity contribution in [3.8, 4) is 0 Å². The quantitative estimate of drug-likeness (QED) is 0.480. The van der Waals surface area contributed by atoms with Gasteiger partial charge in [-0.3, -0.25) is 20.2 Å². The second kappa shape index (κ2) is 6.24. The molecule has 0 spiro atoms. The van der Waals surface area contributed by atoms with Gasteiger partial charge < -0.3 is 11.2 Å². The highest BCUT2D eigenvalue weighted by molar-refractivity contribution is 5.87. The topological polar surface area (TPSA) is 128 Å². The van der Waals surface area contributed by atoms with Crippen LogP contribution in [0.1, 0.15) is 18.1 Å². The van der Waals surface area contributed by atoms with Crippen molar-refractivity contribution >= 4 is 22.7 Å². The zero-order valence-corrected chi connectivity index (χ0v) is 12.4. The van der Waals surface area contributed by atoms with E-state index in [-0.39, 0.29) is 6.42 Å². The van der Waals surface area contributed by atoms with E-state index in [1.165, 1.54) is 21.0 Å². The summed E-state index contributed by atoms with van der Waals surface area (Å²) in [5.74, 6) is 0. The lowest BCUT2D eigenvalue weighted by Gasteiger charge is -2.20. The molecule has 0 saturated heterocycles. The minimum absolute atomic E-state index is 0.380. The maximum atomic E-state index is 13.2. The lowest BCUT2D eigenvalue weighted by atomic mass is 9.97. The molecule has 128 valence electrons. The molecule has 0 heterocycles. The summed E-state index contributed by atoms with van der Waals surface area (Å²) in [6.07, 6.45) is -5.45. The molecule has 12 heteroatoms. The fourth-order valence-electron chi connectivity index (χ4n) is 2.19. The van der Waals surface area contributed by atoms with Gasteiger partial charge in [0.05, 0.1) is 15.4 Å². The molecule has 23 heavy (non-hydrogen) atoms. The molecular weight excluding hydrogens is 323 g/mol. The number of anilines is 2. The van der Waals surface area contributed by atoms with Crippen LogP contribution in [0, 0.1) is 20.2 Å². The number of nitro benzene ring substituents is 2. The molecule has 0 saturated carbocycles. The SMILES string of the molecule is CCc1c([N+](=O)[O-])c(NN(C)C)c([N+](=O)[O-])c(N)c1C(F)(F)F. The fourth-order valence-corrected chi connectivity index (χ4v) is 2.19. The van der Waals surface area contributed by atoms with Crippen LogP contribution < -0.4 is 11.2 Å². The average Bonchev–Trinajstić information content (AvgIpc) is 2.34. The van der Waals surface area contributed by atoms with E-state index >= 15 is 0 Å². The van der Waals surface area contributed by atoms with E-state index in [1.807, 2.05) is 0 Å². The summed E-state index contributed by atoms with van der Waals surface area (Å²) in [7, 11) is 2.74. The summed E-state index contributed by atoms with van der Waals surface area (Å²) in [6, 6.07) is 0. The largest absolute Gasteiger partial charge is 0.419 e. The second-order valence-corrected chi connectivity index (χ2v) is 4.71.